The molecule has 0 saturated carbocycles. The van der Waals surface area contributed by atoms with E-state index in [1.165, 1.54) is 0 Å². The van der Waals surface area contributed by atoms with E-state index in [2.05, 4.69) is 5.32 Å². The van der Waals surface area contributed by atoms with Crippen LogP contribution in [0.25, 0.3) is 0 Å². The van der Waals surface area contributed by atoms with Gasteiger partial charge in [0.15, 0.2) is 5.85 Å². The van der Waals surface area contributed by atoms with Crippen molar-refractivity contribution in [1.29, 1.82) is 0 Å². The number of hydrogen-bond acceptors (Lipinski definition) is 8. The molecule has 0 aromatic heterocycles. The summed E-state index contributed by atoms with van der Waals surface area (Å²) in [5.74, 6) is -1.21. The average Bonchev–Trinajstić information content (AvgIpc) is 2.66. The second kappa shape index (κ2) is 13.2. The number of halogens is 1. The van der Waals surface area contributed by atoms with Gasteiger partial charge in [0, 0.05) is 17.5 Å². The van der Waals surface area contributed by atoms with Crippen LogP contribution in [0, 0.1) is 0 Å². The third-order valence-corrected chi connectivity index (χ3v) is 8.29. The van der Waals surface area contributed by atoms with Crippen LogP contribution in [-0.4, -0.2) is 39.3 Å². The number of phosphoric acid groups is 1. The number of benzene rings is 1. The van der Waals surface area contributed by atoms with Gasteiger partial charge in [0.05, 0.1) is 26.4 Å². The van der Waals surface area contributed by atoms with Gasteiger partial charge in [-0.15, -0.1) is 0 Å². The lowest BCUT2D eigenvalue weighted by atomic mass is 10.0. The summed E-state index contributed by atoms with van der Waals surface area (Å²) in [6, 6.07) is 6.89. The van der Waals surface area contributed by atoms with Gasteiger partial charge in [-0.2, -0.15) is 0 Å². The fourth-order valence-electron chi connectivity index (χ4n) is 2.72. The van der Waals surface area contributed by atoms with E-state index in [-0.39, 0.29) is 38.9 Å². The largest absolute Gasteiger partial charge is 0.475 e. The molecular weight excluding hydrogens is 440 g/mol. The second-order valence-corrected chi connectivity index (χ2v) is 10.0. The maximum absolute atomic E-state index is 13.5. The maximum Gasteiger partial charge on any atom is 0.475 e. The van der Waals surface area contributed by atoms with Crippen molar-refractivity contribution < 1.29 is 31.7 Å². The van der Waals surface area contributed by atoms with Crippen LogP contribution in [0.15, 0.2) is 24.3 Å². The van der Waals surface area contributed by atoms with E-state index >= 15 is 0 Å². The van der Waals surface area contributed by atoms with Crippen molar-refractivity contribution in [2.75, 3.05) is 33.5 Å². The highest BCUT2D eigenvalue weighted by Crippen LogP contribution is 2.62. The molecule has 8 nitrogen and oxygen atoms in total. The zero-order valence-electron chi connectivity index (χ0n) is 17.6. The predicted octanol–water partition coefficient (Wildman–Crippen LogP) is 5.78. The molecule has 1 rings (SSSR count). The van der Waals surface area contributed by atoms with E-state index in [0.717, 1.165) is 5.56 Å². The summed E-state index contributed by atoms with van der Waals surface area (Å²) >= 11 is 6.33. The number of hydrogen-bond donors (Lipinski definition) is 1. The van der Waals surface area contributed by atoms with E-state index in [1.54, 1.807) is 40.8 Å². The lowest BCUT2D eigenvalue weighted by molar-refractivity contribution is 0.0825. The zero-order valence-corrected chi connectivity index (χ0v) is 20.2. The van der Waals surface area contributed by atoms with Crippen LogP contribution < -0.4 is 5.32 Å². The van der Waals surface area contributed by atoms with Crippen molar-refractivity contribution in [3.8, 4) is 0 Å². The normalized spacial score (nSPS) is 14.7. The Morgan fingerprint density at radius 3 is 1.90 bits per heavy atom. The molecule has 2 atom stereocenters. The molecule has 1 aromatic carbocycles. The summed E-state index contributed by atoms with van der Waals surface area (Å²) in [5.41, 5.74) is 0.771. The zero-order chi connectivity index (χ0) is 21.9. The van der Waals surface area contributed by atoms with E-state index in [0.29, 0.717) is 5.02 Å². The maximum atomic E-state index is 13.5. The van der Waals surface area contributed by atoms with E-state index in [1.807, 2.05) is 18.2 Å². The van der Waals surface area contributed by atoms with E-state index < -0.39 is 21.3 Å². The average molecular weight is 472 g/mol. The van der Waals surface area contributed by atoms with Crippen molar-refractivity contribution in [3.05, 3.63) is 34.9 Å². The van der Waals surface area contributed by atoms with Crippen LogP contribution >= 0.6 is 27.0 Å². The lowest BCUT2D eigenvalue weighted by Gasteiger charge is -2.31. The lowest BCUT2D eigenvalue weighted by Crippen LogP contribution is -2.26. The van der Waals surface area contributed by atoms with Gasteiger partial charge in [0.1, 0.15) is 0 Å². The molecule has 0 bridgehead atoms. The van der Waals surface area contributed by atoms with Gasteiger partial charge < -0.3 is 14.4 Å². The highest BCUT2D eigenvalue weighted by atomic mass is 35.5. The summed E-state index contributed by atoms with van der Waals surface area (Å²) in [5, 5.41) is 3.66. The molecular formula is C18H32ClNO7P2. The Kier molecular flexibility index (Phi) is 12.2. The minimum absolute atomic E-state index is 0.0948. The molecule has 0 heterocycles. The van der Waals surface area contributed by atoms with Crippen molar-refractivity contribution >= 4 is 27.0 Å². The number of nitrogens with one attached hydrogen (secondary N) is 1. The van der Waals surface area contributed by atoms with Gasteiger partial charge in [-0.3, -0.25) is 18.1 Å². The summed E-state index contributed by atoms with van der Waals surface area (Å²) in [6.07, 6.45) is 0.0989. The Hall–Kier alpha value is -0.270. The molecule has 0 saturated heterocycles. The first-order valence-corrected chi connectivity index (χ1v) is 13.1. The van der Waals surface area contributed by atoms with Gasteiger partial charge >= 0.3 is 15.4 Å². The number of phosphoric ester groups is 1. The molecule has 0 aliphatic rings. The van der Waals surface area contributed by atoms with E-state index in [4.69, 9.17) is 34.2 Å². The fourth-order valence-corrected chi connectivity index (χ4v) is 6.60. The van der Waals surface area contributed by atoms with Gasteiger partial charge in [-0.05, 0) is 46.4 Å². The molecule has 0 amide bonds. The first kappa shape index (κ1) is 26.8. The van der Waals surface area contributed by atoms with Gasteiger partial charge in [0.25, 0.3) is 0 Å². The predicted molar refractivity (Wildman–Crippen MR) is 114 cm³/mol. The Morgan fingerprint density at radius 2 is 1.45 bits per heavy atom. The van der Waals surface area contributed by atoms with Crippen molar-refractivity contribution in [2.45, 2.75) is 46.0 Å². The Bertz CT molecular complexity index is 687. The highest BCUT2D eigenvalue weighted by molar-refractivity contribution is 7.55. The third-order valence-electron chi connectivity index (χ3n) is 3.86. The van der Waals surface area contributed by atoms with Crippen LogP contribution in [-0.2, 0) is 31.7 Å². The molecule has 0 aliphatic carbocycles. The summed E-state index contributed by atoms with van der Waals surface area (Å²) < 4.78 is 53.6. The Labute approximate surface area is 178 Å². The fraction of sp³-hybridized carbons (Fsp3) is 0.667. The Morgan fingerprint density at radius 1 is 0.931 bits per heavy atom. The minimum Gasteiger partial charge on any atom is -0.313 e. The summed E-state index contributed by atoms with van der Waals surface area (Å²) in [4.78, 5) is 0. The van der Waals surface area contributed by atoms with E-state index in [9.17, 15) is 9.13 Å². The molecule has 2 unspecified atom stereocenters. The first-order valence-electron chi connectivity index (χ1n) is 9.67. The van der Waals surface area contributed by atoms with Crippen LogP contribution in [0.4, 0.5) is 0 Å². The van der Waals surface area contributed by atoms with Crippen molar-refractivity contribution in [3.63, 3.8) is 0 Å². The molecule has 0 radical (unpaired) electrons. The SMILES string of the molecule is CCOP(=O)(OCC)OC(CC(NC)c1ccccc1Cl)P(=O)(OCC)OCC. The molecule has 11 heteroatoms. The minimum atomic E-state index is -3.98. The quantitative estimate of drug-likeness (QED) is 0.322. The van der Waals surface area contributed by atoms with Gasteiger partial charge in [-0.1, -0.05) is 29.8 Å². The van der Waals surface area contributed by atoms with Crippen LogP contribution in [0.3, 0.4) is 0 Å². The standard InChI is InChI=1S/C18H32ClNO7P2/c1-6-23-28(21,24-7-2)18(27-29(22,25-8-3)26-9-4)14-17(20-5)15-12-10-11-13-16(15)19/h10-13,17-18,20H,6-9,14H2,1-5H3. The van der Waals surface area contributed by atoms with Crippen LogP contribution in [0.5, 0.6) is 0 Å². The highest BCUT2D eigenvalue weighted by Gasteiger charge is 2.44. The first-order chi connectivity index (χ1) is 13.8. The van der Waals surface area contributed by atoms with Crippen LogP contribution in [0.1, 0.15) is 45.7 Å². The summed E-state index contributed by atoms with van der Waals surface area (Å²) in [7, 11) is -6.06. The monoisotopic (exact) mass is 471 g/mol. The van der Waals surface area contributed by atoms with Crippen LogP contribution in [0.2, 0.25) is 5.02 Å². The smallest absolute Gasteiger partial charge is 0.313 e. The number of rotatable bonds is 15. The molecule has 0 spiro atoms. The molecule has 168 valence electrons. The Balaban J connectivity index is 3.32. The third kappa shape index (κ3) is 8.06. The molecule has 29 heavy (non-hydrogen) atoms. The molecule has 1 N–H and O–H groups in total. The summed E-state index contributed by atoms with van der Waals surface area (Å²) in [6.45, 7) is 7.15. The van der Waals surface area contributed by atoms with Crippen molar-refractivity contribution in [1.82, 2.24) is 5.32 Å². The molecule has 0 aliphatic heterocycles. The van der Waals surface area contributed by atoms with Crippen molar-refractivity contribution in [2.24, 2.45) is 0 Å². The van der Waals surface area contributed by atoms with Gasteiger partial charge in [0.2, 0.25) is 0 Å². The topological polar surface area (TPSA) is 92.3 Å². The molecule has 0 fully saturated rings. The second-order valence-electron chi connectivity index (χ2n) is 5.82. The molecule has 1 aromatic rings. The van der Waals surface area contributed by atoms with Gasteiger partial charge in [-0.25, -0.2) is 4.57 Å².